The Morgan fingerprint density at radius 3 is 2.30 bits per heavy atom. The summed E-state index contributed by atoms with van der Waals surface area (Å²) in [5, 5.41) is 2.90. The van der Waals surface area contributed by atoms with Crippen LogP contribution in [-0.4, -0.2) is 17.9 Å². The molecule has 0 aromatic heterocycles. The van der Waals surface area contributed by atoms with E-state index in [-0.39, 0.29) is 17.9 Å². The molecule has 0 saturated heterocycles. The molecule has 0 aliphatic heterocycles. The first-order valence-corrected chi connectivity index (χ1v) is 6.82. The summed E-state index contributed by atoms with van der Waals surface area (Å²) >= 11 is 0. The van der Waals surface area contributed by atoms with Gasteiger partial charge in [-0.1, -0.05) is 18.2 Å². The lowest BCUT2D eigenvalue weighted by Crippen LogP contribution is -2.25. The van der Waals surface area contributed by atoms with Crippen molar-refractivity contribution in [2.24, 2.45) is 21.5 Å². The molecule has 0 aliphatic carbocycles. The third-order valence-electron chi connectivity index (χ3n) is 2.62. The summed E-state index contributed by atoms with van der Waals surface area (Å²) in [5.74, 6) is 0.189. The summed E-state index contributed by atoms with van der Waals surface area (Å²) in [6.07, 6.45) is 0. The fraction of sp³-hybridized carbons (Fsp3) is 0.0625. The maximum atomic E-state index is 10.8. The van der Waals surface area contributed by atoms with Crippen molar-refractivity contribution < 1.29 is 9.53 Å². The number of ether oxygens (including phenoxy) is 1. The number of hydrogen-bond acceptors (Lipinski definition) is 3. The van der Waals surface area contributed by atoms with Gasteiger partial charge in [-0.3, -0.25) is 4.79 Å². The molecule has 23 heavy (non-hydrogen) atoms. The van der Waals surface area contributed by atoms with Gasteiger partial charge >= 0.3 is 5.97 Å². The zero-order chi connectivity index (χ0) is 16.7. The smallest absolute Gasteiger partial charge is 0.308 e. The number of nitrogens with two attached hydrogens (primary N) is 2. The van der Waals surface area contributed by atoms with Crippen molar-refractivity contribution in [1.29, 1.82) is 0 Å². The van der Waals surface area contributed by atoms with Crippen molar-refractivity contribution in [3.63, 3.8) is 0 Å². The number of carbonyl (C=O) groups is 1. The second-order valence-corrected chi connectivity index (χ2v) is 4.55. The van der Waals surface area contributed by atoms with Crippen LogP contribution < -0.4 is 21.5 Å². The van der Waals surface area contributed by atoms with Crippen LogP contribution in [0.4, 0.5) is 11.4 Å². The lowest BCUT2D eigenvalue weighted by molar-refractivity contribution is -0.131. The fourth-order valence-electron chi connectivity index (χ4n) is 1.73. The van der Waals surface area contributed by atoms with Crippen molar-refractivity contribution in [1.82, 2.24) is 0 Å². The Morgan fingerprint density at radius 1 is 1.04 bits per heavy atom. The minimum atomic E-state index is -0.384. The minimum absolute atomic E-state index is 0.00571. The molecule has 2 aromatic rings. The van der Waals surface area contributed by atoms with Gasteiger partial charge in [0.05, 0.1) is 5.69 Å². The SMILES string of the molecule is CC(=O)Oc1ccc(N=C(N)N=C(N)Nc2ccccc2)cc1. The van der Waals surface area contributed by atoms with E-state index in [0.29, 0.717) is 11.4 Å². The predicted octanol–water partition coefficient (Wildman–Crippen LogP) is 1.98. The van der Waals surface area contributed by atoms with Gasteiger partial charge in [0, 0.05) is 12.6 Å². The average Bonchev–Trinajstić information content (AvgIpc) is 2.49. The molecule has 0 fully saturated rings. The Labute approximate surface area is 133 Å². The molecule has 118 valence electrons. The number of nitrogens with one attached hydrogen (secondary N) is 1. The van der Waals surface area contributed by atoms with Gasteiger partial charge < -0.3 is 21.5 Å². The molecule has 2 rings (SSSR count). The van der Waals surface area contributed by atoms with Crippen molar-refractivity contribution in [3.8, 4) is 5.75 Å². The number of para-hydroxylation sites is 1. The summed E-state index contributed by atoms with van der Waals surface area (Å²) in [5.41, 5.74) is 12.9. The molecule has 5 N–H and O–H groups in total. The molecule has 7 heteroatoms. The molecule has 7 nitrogen and oxygen atoms in total. The predicted molar refractivity (Wildman–Crippen MR) is 90.7 cm³/mol. The van der Waals surface area contributed by atoms with E-state index in [0.717, 1.165) is 5.69 Å². The zero-order valence-electron chi connectivity index (χ0n) is 12.6. The van der Waals surface area contributed by atoms with E-state index in [4.69, 9.17) is 16.2 Å². The van der Waals surface area contributed by atoms with E-state index in [9.17, 15) is 4.79 Å². The Morgan fingerprint density at radius 2 is 1.70 bits per heavy atom. The van der Waals surface area contributed by atoms with E-state index in [1.54, 1.807) is 24.3 Å². The number of nitrogens with zero attached hydrogens (tertiary/aromatic N) is 2. The number of guanidine groups is 2. The van der Waals surface area contributed by atoms with Gasteiger partial charge in [0.1, 0.15) is 5.75 Å². The topological polar surface area (TPSA) is 115 Å². The first-order chi connectivity index (χ1) is 11.0. The average molecular weight is 311 g/mol. The molecule has 0 aliphatic rings. The molecule has 0 amide bonds. The lowest BCUT2D eigenvalue weighted by atomic mass is 10.3. The Bertz CT molecular complexity index is 724. The number of rotatable bonds is 3. The van der Waals surface area contributed by atoms with Gasteiger partial charge in [0.15, 0.2) is 0 Å². The minimum Gasteiger partial charge on any atom is -0.427 e. The van der Waals surface area contributed by atoms with Gasteiger partial charge in [0.2, 0.25) is 11.9 Å². The molecular weight excluding hydrogens is 294 g/mol. The second-order valence-electron chi connectivity index (χ2n) is 4.55. The molecular formula is C16H17N5O2. The summed E-state index contributed by atoms with van der Waals surface area (Å²) in [4.78, 5) is 18.9. The van der Waals surface area contributed by atoms with Crippen molar-refractivity contribution >= 4 is 29.3 Å². The van der Waals surface area contributed by atoms with Crippen molar-refractivity contribution in [2.45, 2.75) is 6.92 Å². The van der Waals surface area contributed by atoms with Crippen LogP contribution in [0.15, 0.2) is 64.6 Å². The van der Waals surface area contributed by atoms with Gasteiger partial charge in [-0.2, -0.15) is 4.99 Å². The lowest BCUT2D eigenvalue weighted by Gasteiger charge is -2.04. The number of benzene rings is 2. The second kappa shape index (κ2) is 7.60. The van der Waals surface area contributed by atoms with Gasteiger partial charge in [0.25, 0.3) is 0 Å². The highest BCUT2D eigenvalue weighted by molar-refractivity contribution is 6.01. The quantitative estimate of drug-likeness (QED) is 0.347. The molecule has 0 atom stereocenters. The van der Waals surface area contributed by atoms with Crippen LogP contribution in [-0.2, 0) is 4.79 Å². The highest BCUT2D eigenvalue weighted by atomic mass is 16.5. The standard InChI is InChI=1S/C16H17N5O2/c1-11(22)23-14-9-7-13(8-10-14)20-16(18)21-15(17)19-12-5-3-2-4-6-12/h2-10H,1H3,(H5,17,18,19,20,21). The number of esters is 1. The summed E-state index contributed by atoms with van der Waals surface area (Å²) in [6.45, 7) is 1.33. The zero-order valence-corrected chi connectivity index (χ0v) is 12.6. The van der Waals surface area contributed by atoms with E-state index in [1.165, 1.54) is 6.92 Å². The third-order valence-corrected chi connectivity index (χ3v) is 2.62. The van der Waals surface area contributed by atoms with E-state index in [1.807, 2.05) is 30.3 Å². The highest BCUT2D eigenvalue weighted by Crippen LogP contribution is 2.18. The maximum absolute atomic E-state index is 10.8. The van der Waals surface area contributed by atoms with Crippen LogP contribution in [0.3, 0.4) is 0 Å². The molecule has 0 radical (unpaired) electrons. The Balaban J connectivity index is 2.03. The van der Waals surface area contributed by atoms with Crippen LogP contribution in [0.25, 0.3) is 0 Å². The number of anilines is 1. The van der Waals surface area contributed by atoms with Crippen LogP contribution in [0, 0.1) is 0 Å². The molecule has 2 aromatic carbocycles. The van der Waals surface area contributed by atoms with Crippen molar-refractivity contribution in [3.05, 3.63) is 54.6 Å². The first kappa shape index (κ1) is 16.0. The number of hydrogen-bond donors (Lipinski definition) is 3. The summed E-state index contributed by atoms with van der Waals surface area (Å²) < 4.78 is 4.93. The summed E-state index contributed by atoms with van der Waals surface area (Å²) in [7, 11) is 0. The van der Waals surface area contributed by atoms with Gasteiger partial charge in [-0.05, 0) is 36.4 Å². The van der Waals surface area contributed by atoms with E-state index < -0.39 is 0 Å². The third kappa shape index (κ3) is 5.50. The first-order valence-electron chi connectivity index (χ1n) is 6.82. The molecule has 0 heterocycles. The fourth-order valence-corrected chi connectivity index (χ4v) is 1.73. The number of aliphatic imine (C=N–C) groups is 2. The molecule has 0 saturated carbocycles. The van der Waals surface area contributed by atoms with Crippen LogP contribution >= 0.6 is 0 Å². The maximum Gasteiger partial charge on any atom is 0.308 e. The number of carbonyl (C=O) groups excluding carboxylic acids is 1. The van der Waals surface area contributed by atoms with Gasteiger partial charge in [-0.25, -0.2) is 4.99 Å². The Hall–Kier alpha value is -3.35. The monoisotopic (exact) mass is 311 g/mol. The van der Waals surface area contributed by atoms with Crippen molar-refractivity contribution in [2.75, 3.05) is 5.32 Å². The Kier molecular flexibility index (Phi) is 5.30. The largest absolute Gasteiger partial charge is 0.427 e. The highest BCUT2D eigenvalue weighted by Gasteiger charge is 1.99. The van der Waals surface area contributed by atoms with Crippen LogP contribution in [0.1, 0.15) is 6.92 Å². The normalized spacial score (nSPS) is 11.9. The van der Waals surface area contributed by atoms with Crippen LogP contribution in [0.5, 0.6) is 5.75 Å². The molecule has 0 unspecified atom stereocenters. The molecule has 0 bridgehead atoms. The van der Waals surface area contributed by atoms with Crippen LogP contribution in [0.2, 0.25) is 0 Å². The van der Waals surface area contributed by atoms with E-state index in [2.05, 4.69) is 15.3 Å². The molecule has 0 spiro atoms. The van der Waals surface area contributed by atoms with E-state index >= 15 is 0 Å². The summed E-state index contributed by atoms with van der Waals surface area (Å²) in [6, 6.07) is 15.9. The van der Waals surface area contributed by atoms with Gasteiger partial charge in [-0.15, -0.1) is 0 Å².